The lowest BCUT2D eigenvalue weighted by atomic mass is 10.2. The van der Waals surface area contributed by atoms with Crippen LogP contribution < -0.4 is 5.32 Å². The van der Waals surface area contributed by atoms with Gasteiger partial charge in [-0.2, -0.15) is 5.26 Å². The fourth-order valence-electron chi connectivity index (χ4n) is 1.53. The zero-order valence-corrected chi connectivity index (χ0v) is 11.0. The Morgan fingerprint density at radius 3 is 2.41 bits per heavy atom. The summed E-state index contributed by atoms with van der Waals surface area (Å²) in [5.74, 6) is 0. The SMILES string of the molecule is Cc1ccc(Nc2cc(Br)cc(C#N)c2)cc1. The van der Waals surface area contributed by atoms with Crippen LogP contribution >= 0.6 is 15.9 Å². The number of hydrogen-bond acceptors (Lipinski definition) is 2. The third-order valence-electron chi connectivity index (χ3n) is 2.37. The number of nitriles is 1. The summed E-state index contributed by atoms with van der Waals surface area (Å²) in [4.78, 5) is 0. The Kier molecular flexibility index (Phi) is 3.46. The van der Waals surface area contributed by atoms with Gasteiger partial charge in [-0.15, -0.1) is 0 Å². The lowest BCUT2D eigenvalue weighted by Gasteiger charge is -2.07. The number of benzene rings is 2. The van der Waals surface area contributed by atoms with E-state index in [0.29, 0.717) is 5.56 Å². The quantitative estimate of drug-likeness (QED) is 0.890. The summed E-state index contributed by atoms with van der Waals surface area (Å²) in [7, 11) is 0. The van der Waals surface area contributed by atoms with Gasteiger partial charge in [-0.05, 0) is 37.3 Å². The van der Waals surface area contributed by atoms with Crippen LogP contribution in [0.5, 0.6) is 0 Å². The molecular formula is C14H11BrN2. The van der Waals surface area contributed by atoms with Gasteiger partial charge in [-0.3, -0.25) is 0 Å². The van der Waals surface area contributed by atoms with E-state index in [0.717, 1.165) is 15.8 Å². The first-order valence-electron chi connectivity index (χ1n) is 5.22. The van der Waals surface area contributed by atoms with Crippen LogP contribution in [0.1, 0.15) is 11.1 Å². The zero-order chi connectivity index (χ0) is 12.3. The van der Waals surface area contributed by atoms with Crippen molar-refractivity contribution in [3.05, 3.63) is 58.1 Å². The summed E-state index contributed by atoms with van der Waals surface area (Å²) < 4.78 is 0.895. The highest BCUT2D eigenvalue weighted by Gasteiger charge is 1.99. The second-order valence-electron chi connectivity index (χ2n) is 3.83. The van der Waals surface area contributed by atoms with Crippen LogP contribution in [-0.4, -0.2) is 0 Å². The van der Waals surface area contributed by atoms with Crippen molar-refractivity contribution in [3.63, 3.8) is 0 Å². The fraction of sp³-hybridized carbons (Fsp3) is 0.0714. The minimum Gasteiger partial charge on any atom is -0.355 e. The van der Waals surface area contributed by atoms with Crippen LogP contribution in [0.15, 0.2) is 46.9 Å². The van der Waals surface area contributed by atoms with Gasteiger partial charge in [0.15, 0.2) is 0 Å². The van der Waals surface area contributed by atoms with Crippen molar-refractivity contribution in [2.24, 2.45) is 0 Å². The summed E-state index contributed by atoms with van der Waals surface area (Å²) in [5.41, 5.74) is 3.77. The fourth-order valence-corrected chi connectivity index (χ4v) is 2.02. The van der Waals surface area contributed by atoms with Crippen molar-refractivity contribution < 1.29 is 0 Å². The van der Waals surface area contributed by atoms with Gasteiger partial charge in [0.2, 0.25) is 0 Å². The van der Waals surface area contributed by atoms with Gasteiger partial charge in [0, 0.05) is 15.8 Å². The lowest BCUT2D eigenvalue weighted by Crippen LogP contribution is -1.91. The van der Waals surface area contributed by atoms with Crippen molar-refractivity contribution in [1.82, 2.24) is 0 Å². The van der Waals surface area contributed by atoms with Crippen LogP contribution in [0, 0.1) is 18.3 Å². The Balaban J connectivity index is 2.27. The third-order valence-corrected chi connectivity index (χ3v) is 2.82. The smallest absolute Gasteiger partial charge is 0.0992 e. The highest BCUT2D eigenvalue weighted by atomic mass is 79.9. The average Bonchev–Trinajstić information content (AvgIpc) is 2.31. The normalized spacial score (nSPS) is 9.71. The predicted molar refractivity (Wildman–Crippen MR) is 73.3 cm³/mol. The number of aryl methyl sites for hydroxylation is 1. The van der Waals surface area contributed by atoms with E-state index in [2.05, 4.69) is 34.2 Å². The van der Waals surface area contributed by atoms with E-state index in [9.17, 15) is 0 Å². The van der Waals surface area contributed by atoms with Gasteiger partial charge in [-0.1, -0.05) is 33.6 Å². The Morgan fingerprint density at radius 2 is 1.76 bits per heavy atom. The maximum atomic E-state index is 8.89. The van der Waals surface area contributed by atoms with E-state index < -0.39 is 0 Å². The van der Waals surface area contributed by atoms with Crippen LogP contribution in [-0.2, 0) is 0 Å². The molecule has 0 bridgehead atoms. The number of rotatable bonds is 2. The van der Waals surface area contributed by atoms with Crippen LogP contribution in [0.2, 0.25) is 0 Å². The molecule has 0 saturated carbocycles. The Labute approximate surface area is 109 Å². The summed E-state index contributed by atoms with van der Waals surface area (Å²) in [6.07, 6.45) is 0. The van der Waals surface area contributed by atoms with Crippen LogP contribution in [0.3, 0.4) is 0 Å². The Morgan fingerprint density at radius 1 is 1.06 bits per heavy atom. The molecule has 0 aliphatic heterocycles. The first kappa shape index (κ1) is 11.7. The first-order valence-corrected chi connectivity index (χ1v) is 6.01. The zero-order valence-electron chi connectivity index (χ0n) is 9.37. The Hall–Kier alpha value is -1.79. The number of halogens is 1. The summed E-state index contributed by atoms with van der Waals surface area (Å²) in [5, 5.41) is 12.2. The largest absolute Gasteiger partial charge is 0.355 e. The Bertz CT molecular complexity index is 568. The predicted octanol–water partition coefficient (Wildman–Crippen LogP) is 4.37. The van der Waals surface area contributed by atoms with Crippen LogP contribution in [0.25, 0.3) is 0 Å². The van der Waals surface area contributed by atoms with E-state index >= 15 is 0 Å². The molecule has 0 fully saturated rings. The van der Waals surface area contributed by atoms with Crippen molar-refractivity contribution in [2.45, 2.75) is 6.92 Å². The highest BCUT2D eigenvalue weighted by molar-refractivity contribution is 9.10. The molecule has 2 aromatic rings. The molecule has 84 valence electrons. The summed E-state index contributed by atoms with van der Waals surface area (Å²) in [6, 6.07) is 15.8. The molecule has 0 atom stereocenters. The maximum absolute atomic E-state index is 8.89. The van der Waals surface area contributed by atoms with Gasteiger partial charge in [0.25, 0.3) is 0 Å². The van der Waals surface area contributed by atoms with Crippen molar-refractivity contribution in [1.29, 1.82) is 5.26 Å². The van der Waals surface area contributed by atoms with Crippen molar-refractivity contribution >= 4 is 27.3 Å². The molecule has 2 aromatic carbocycles. The molecule has 0 saturated heterocycles. The van der Waals surface area contributed by atoms with Gasteiger partial charge in [0.05, 0.1) is 11.6 Å². The average molecular weight is 287 g/mol. The number of anilines is 2. The molecule has 0 amide bonds. The molecule has 0 spiro atoms. The molecule has 3 heteroatoms. The second-order valence-corrected chi connectivity index (χ2v) is 4.75. The first-order chi connectivity index (χ1) is 8.17. The molecule has 0 heterocycles. The van der Waals surface area contributed by atoms with Crippen LogP contribution in [0.4, 0.5) is 11.4 Å². The second kappa shape index (κ2) is 5.03. The molecule has 17 heavy (non-hydrogen) atoms. The molecule has 2 rings (SSSR count). The van der Waals surface area contributed by atoms with Gasteiger partial charge in [-0.25, -0.2) is 0 Å². The molecule has 0 unspecified atom stereocenters. The van der Waals surface area contributed by atoms with E-state index in [1.54, 1.807) is 6.07 Å². The monoisotopic (exact) mass is 286 g/mol. The molecule has 2 nitrogen and oxygen atoms in total. The maximum Gasteiger partial charge on any atom is 0.0992 e. The molecular weight excluding hydrogens is 276 g/mol. The van der Waals surface area contributed by atoms with E-state index in [-0.39, 0.29) is 0 Å². The molecule has 0 aromatic heterocycles. The third kappa shape index (κ3) is 3.08. The standard InChI is InChI=1S/C14H11BrN2/c1-10-2-4-13(5-3-10)17-14-7-11(9-16)6-12(15)8-14/h2-8,17H,1H3. The van der Waals surface area contributed by atoms with Gasteiger partial charge < -0.3 is 5.32 Å². The molecule has 0 radical (unpaired) electrons. The van der Waals surface area contributed by atoms with E-state index in [4.69, 9.17) is 5.26 Å². The van der Waals surface area contributed by atoms with Gasteiger partial charge >= 0.3 is 0 Å². The van der Waals surface area contributed by atoms with Gasteiger partial charge in [0.1, 0.15) is 0 Å². The molecule has 1 N–H and O–H groups in total. The number of nitrogens with one attached hydrogen (secondary N) is 1. The minimum atomic E-state index is 0.633. The summed E-state index contributed by atoms with van der Waals surface area (Å²) >= 11 is 3.39. The highest BCUT2D eigenvalue weighted by Crippen LogP contribution is 2.22. The molecule has 0 aliphatic rings. The topological polar surface area (TPSA) is 35.8 Å². The van der Waals surface area contributed by atoms with Crippen molar-refractivity contribution in [3.8, 4) is 6.07 Å². The number of nitrogens with zero attached hydrogens (tertiary/aromatic N) is 1. The summed E-state index contributed by atoms with van der Waals surface area (Å²) in [6.45, 7) is 2.05. The number of hydrogen-bond donors (Lipinski definition) is 1. The minimum absolute atomic E-state index is 0.633. The molecule has 0 aliphatic carbocycles. The van der Waals surface area contributed by atoms with E-state index in [1.165, 1.54) is 5.56 Å². The lowest BCUT2D eigenvalue weighted by molar-refractivity contribution is 1.44. The van der Waals surface area contributed by atoms with E-state index in [1.807, 2.05) is 36.4 Å². The van der Waals surface area contributed by atoms with Crippen molar-refractivity contribution in [2.75, 3.05) is 5.32 Å².